The van der Waals surface area contributed by atoms with Crippen LogP contribution in [0.4, 0.5) is 0 Å². The van der Waals surface area contributed by atoms with Gasteiger partial charge in [-0.2, -0.15) is 0 Å². The van der Waals surface area contributed by atoms with E-state index in [9.17, 15) is 8.42 Å². The van der Waals surface area contributed by atoms with Gasteiger partial charge in [0.1, 0.15) is 0 Å². The lowest BCUT2D eigenvalue weighted by Crippen LogP contribution is -2.32. The second-order valence-electron chi connectivity index (χ2n) is 3.83. The first-order valence-corrected chi connectivity index (χ1v) is 7.49. The summed E-state index contributed by atoms with van der Waals surface area (Å²) in [5, 5.41) is -0.383. The first-order valence-electron chi connectivity index (χ1n) is 5.15. The van der Waals surface area contributed by atoms with Crippen LogP contribution < -0.4 is 4.72 Å². The molecule has 0 fully saturated rings. The Hall–Kier alpha value is -0.390. The summed E-state index contributed by atoms with van der Waals surface area (Å²) in [4.78, 5) is 0. The Morgan fingerprint density at radius 1 is 1.31 bits per heavy atom. The Labute approximate surface area is 105 Å². The molecule has 1 N–H and O–H groups in total. The number of benzene rings is 1. The molecule has 0 aromatic heterocycles. The molecule has 3 nitrogen and oxygen atoms in total. The van der Waals surface area contributed by atoms with Crippen molar-refractivity contribution in [3.63, 3.8) is 0 Å². The van der Waals surface area contributed by atoms with E-state index < -0.39 is 10.0 Å². The molecule has 0 aliphatic heterocycles. The highest BCUT2D eigenvalue weighted by atomic mass is 79.9. The highest BCUT2D eigenvalue weighted by molar-refractivity contribution is 9.10. The molecule has 5 heteroatoms. The third-order valence-electron chi connectivity index (χ3n) is 2.28. The summed E-state index contributed by atoms with van der Waals surface area (Å²) >= 11 is 3.43. The molecule has 1 aromatic carbocycles. The van der Waals surface area contributed by atoms with Crippen molar-refractivity contribution in [2.75, 3.05) is 6.54 Å². The van der Waals surface area contributed by atoms with E-state index in [1.54, 1.807) is 13.8 Å². The maximum atomic E-state index is 11.5. The van der Waals surface area contributed by atoms with Gasteiger partial charge in [0.2, 0.25) is 10.0 Å². The molecule has 0 atom stereocenters. The quantitative estimate of drug-likeness (QED) is 0.907. The fourth-order valence-corrected chi connectivity index (χ4v) is 2.40. The SMILES string of the molecule is CC(C)S(=O)(=O)NCCc1ccccc1Br. The summed E-state index contributed by atoms with van der Waals surface area (Å²) in [6.07, 6.45) is 0.688. The smallest absolute Gasteiger partial charge is 0.213 e. The highest BCUT2D eigenvalue weighted by Gasteiger charge is 2.14. The average Bonchev–Trinajstić information content (AvgIpc) is 2.20. The minimum atomic E-state index is -3.15. The molecule has 1 rings (SSSR count). The van der Waals surface area contributed by atoms with Gasteiger partial charge in [-0.15, -0.1) is 0 Å². The largest absolute Gasteiger partial charge is 0.215 e. The van der Waals surface area contributed by atoms with Crippen molar-refractivity contribution in [2.24, 2.45) is 0 Å². The van der Waals surface area contributed by atoms with E-state index in [0.717, 1.165) is 10.0 Å². The van der Waals surface area contributed by atoms with Gasteiger partial charge in [0.25, 0.3) is 0 Å². The number of nitrogens with one attached hydrogen (secondary N) is 1. The average molecular weight is 306 g/mol. The second-order valence-corrected chi connectivity index (χ2v) is 7.01. The number of hydrogen-bond donors (Lipinski definition) is 1. The van der Waals surface area contributed by atoms with Gasteiger partial charge in [-0.05, 0) is 31.9 Å². The summed E-state index contributed by atoms with van der Waals surface area (Å²) < 4.78 is 26.6. The van der Waals surface area contributed by atoms with Crippen LogP contribution in [0.15, 0.2) is 28.7 Å². The number of halogens is 1. The lowest BCUT2D eigenvalue weighted by atomic mass is 10.2. The summed E-state index contributed by atoms with van der Waals surface area (Å²) in [6.45, 7) is 3.77. The summed E-state index contributed by atoms with van der Waals surface area (Å²) in [7, 11) is -3.15. The van der Waals surface area contributed by atoms with E-state index in [4.69, 9.17) is 0 Å². The molecule has 0 amide bonds. The summed E-state index contributed by atoms with van der Waals surface area (Å²) in [5.41, 5.74) is 1.11. The third kappa shape index (κ3) is 3.88. The fraction of sp³-hybridized carbons (Fsp3) is 0.455. The molecule has 0 aliphatic rings. The molecule has 1 aromatic rings. The molecule has 0 radical (unpaired) electrons. The van der Waals surface area contributed by atoms with Crippen molar-refractivity contribution in [1.82, 2.24) is 4.72 Å². The zero-order valence-corrected chi connectivity index (χ0v) is 11.8. The second kappa shape index (κ2) is 5.80. The van der Waals surface area contributed by atoms with Crippen LogP contribution in [0.2, 0.25) is 0 Å². The molecule has 0 unspecified atom stereocenters. The van der Waals surface area contributed by atoms with Crippen LogP contribution >= 0.6 is 15.9 Å². The van der Waals surface area contributed by atoms with E-state index in [1.807, 2.05) is 24.3 Å². The van der Waals surface area contributed by atoms with Gasteiger partial charge >= 0.3 is 0 Å². The molecule has 0 saturated carbocycles. The van der Waals surface area contributed by atoms with Crippen LogP contribution in [0.5, 0.6) is 0 Å². The molecule has 0 aliphatic carbocycles. The zero-order valence-electron chi connectivity index (χ0n) is 9.40. The maximum Gasteiger partial charge on any atom is 0.213 e. The van der Waals surface area contributed by atoms with Crippen LogP contribution in [0.3, 0.4) is 0 Å². The van der Waals surface area contributed by atoms with Gasteiger partial charge in [-0.1, -0.05) is 34.1 Å². The Balaban J connectivity index is 2.52. The lowest BCUT2D eigenvalue weighted by molar-refractivity contribution is 0.572. The van der Waals surface area contributed by atoms with Crippen LogP contribution in [0, 0.1) is 0 Å². The predicted molar refractivity (Wildman–Crippen MR) is 69.9 cm³/mol. The lowest BCUT2D eigenvalue weighted by Gasteiger charge is -2.09. The first-order chi connectivity index (χ1) is 7.43. The van der Waals surface area contributed by atoms with Crippen molar-refractivity contribution >= 4 is 26.0 Å². The predicted octanol–water partition coefficient (Wildman–Crippen LogP) is 2.32. The Morgan fingerprint density at radius 2 is 1.94 bits per heavy atom. The number of sulfonamides is 1. The Kier molecular flexibility index (Phi) is 4.95. The summed E-state index contributed by atoms with van der Waals surface area (Å²) in [5.74, 6) is 0. The topological polar surface area (TPSA) is 46.2 Å². The molecule has 0 saturated heterocycles. The van der Waals surface area contributed by atoms with E-state index in [1.165, 1.54) is 0 Å². The maximum absolute atomic E-state index is 11.5. The van der Waals surface area contributed by atoms with Gasteiger partial charge in [-0.25, -0.2) is 13.1 Å². The standard InChI is InChI=1S/C11H16BrNO2S/c1-9(2)16(14,15)13-8-7-10-5-3-4-6-11(10)12/h3-6,9,13H,7-8H2,1-2H3. The minimum absolute atomic E-state index is 0.383. The van der Waals surface area contributed by atoms with Crippen LogP contribution in [0.25, 0.3) is 0 Å². The Morgan fingerprint density at radius 3 is 2.50 bits per heavy atom. The van der Waals surface area contributed by atoms with Crippen LogP contribution in [0.1, 0.15) is 19.4 Å². The van der Waals surface area contributed by atoms with Crippen molar-refractivity contribution < 1.29 is 8.42 Å². The highest BCUT2D eigenvalue weighted by Crippen LogP contribution is 2.15. The molecule has 16 heavy (non-hydrogen) atoms. The monoisotopic (exact) mass is 305 g/mol. The Bertz CT molecular complexity index is 443. The molecular formula is C11H16BrNO2S. The van der Waals surface area contributed by atoms with Crippen LogP contribution in [-0.2, 0) is 16.4 Å². The molecule has 0 heterocycles. The van der Waals surface area contributed by atoms with Crippen molar-refractivity contribution in [1.29, 1.82) is 0 Å². The molecule has 0 bridgehead atoms. The summed E-state index contributed by atoms with van der Waals surface area (Å²) in [6, 6.07) is 7.81. The molecule has 0 spiro atoms. The van der Waals surface area contributed by atoms with Gasteiger partial charge in [-0.3, -0.25) is 0 Å². The third-order valence-corrected chi connectivity index (χ3v) is 4.90. The molecule has 90 valence electrons. The zero-order chi connectivity index (χ0) is 12.2. The van der Waals surface area contributed by atoms with E-state index in [-0.39, 0.29) is 5.25 Å². The van der Waals surface area contributed by atoms with E-state index in [2.05, 4.69) is 20.7 Å². The van der Waals surface area contributed by atoms with Gasteiger partial charge in [0.05, 0.1) is 5.25 Å². The van der Waals surface area contributed by atoms with E-state index in [0.29, 0.717) is 13.0 Å². The normalized spacial score (nSPS) is 12.0. The number of rotatable bonds is 5. The van der Waals surface area contributed by atoms with Gasteiger partial charge in [0.15, 0.2) is 0 Å². The fourth-order valence-electron chi connectivity index (χ4n) is 1.20. The van der Waals surface area contributed by atoms with Gasteiger partial charge in [0, 0.05) is 11.0 Å². The van der Waals surface area contributed by atoms with E-state index >= 15 is 0 Å². The van der Waals surface area contributed by atoms with Crippen molar-refractivity contribution in [3.8, 4) is 0 Å². The van der Waals surface area contributed by atoms with Crippen molar-refractivity contribution in [3.05, 3.63) is 34.3 Å². The molecular weight excluding hydrogens is 290 g/mol. The first kappa shape index (κ1) is 13.7. The van der Waals surface area contributed by atoms with Gasteiger partial charge < -0.3 is 0 Å². The van der Waals surface area contributed by atoms with Crippen molar-refractivity contribution in [2.45, 2.75) is 25.5 Å². The number of hydrogen-bond acceptors (Lipinski definition) is 2. The minimum Gasteiger partial charge on any atom is -0.215 e. The van der Waals surface area contributed by atoms with Crippen LogP contribution in [-0.4, -0.2) is 20.2 Å².